The second kappa shape index (κ2) is 7.57. The van der Waals surface area contributed by atoms with Crippen molar-refractivity contribution in [2.24, 2.45) is 0 Å². The number of amides is 1. The first-order valence-corrected chi connectivity index (χ1v) is 8.40. The molecule has 0 saturated carbocycles. The molecule has 0 radical (unpaired) electrons. The van der Waals surface area contributed by atoms with E-state index in [4.69, 9.17) is 16.6 Å². The largest absolute Gasteiger partial charge is 0.468 e. The average molecular weight is 331 g/mol. The lowest BCUT2D eigenvalue weighted by atomic mass is 10.1. The maximum absolute atomic E-state index is 12.4. The SMILES string of the molecule is O=C(NCC(c1ccco1)N1CCCCC1)c1ccc[nH]c1=S. The fourth-order valence-corrected chi connectivity index (χ4v) is 3.23. The molecule has 1 amide bonds. The van der Waals surface area contributed by atoms with Crippen molar-refractivity contribution in [2.75, 3.05) is 19.6 Å². The van der Waals surface area contributed by atoms with E-state index in [2.05, 4.69) is 15.2 Å². The lowest BCUT2D eigenvalue weighted by Crippen LogP contribution is -2.40. The Hall–Kier alpha value is -1.92. The summed E-state index contributed by atoms with van der Waals surface area (Å²) in [4.78, 5) is 17.6. The highest BCUT2D eigenvalue weighted by Crippen LogP contribution is 2.24. The van der Waals surface area contributed by atoms with Gasteiger partial charge in [0.15, 0.2) is 0 Å². The normalized spacial score (nSPS) is 16.9. The summed E-state index contributed by atoms with van der Waals surface area (Å²) in [5, 5.41) is 3.00. The Morgan fingerprint density at radius 3 is 2.83 bits per heavy atom. The van der Waals surface area contributed by atoms with Crippen LogP contribution in [0.5, 0.6) is 0 Å². The first kappa shape index (κ1) is 16.0. The number of aromatic nitrogens is 1. The molecule has 6 heteroatoms. The molecule has 3 heterocycles. The number of piperidine rings is 1. The number of likely N-dealkylation sites (tertiary alicyclic amines) is 1. The molecule has 0 spiro atoms. The Balaban J connectivity index is 1.70. The monoisotopic (exact) mass is 331 g/mol. The first-order chi connectivity index (χ1) is 11.3. The van der Waals surface area contributed by atoms with Gasteiger partial charge in [0.2, 0.25) is 0 Å². The highest BCUT2D eigenvalue weighted by Gasteiger charge is 2.25. The van der Waals surface area contributed by atoms with Crippen LogP contribution in [0.4, 0.5) is 0 Å². The number of hydrogen-bond acceptors (Lipinski definition) is 4. The summed E-state index contributed by atoms with van der Waals surface area (Å²) in [7, 11) is 0. The van der Waals surface area contributed by atoms with Gasteiger partial charge in [-0.05, 0) is 50.2 Å². The van der Waals surface area contributed by atoms with Crippen molar-refractivity contribution in [3.8, 4) is 0 Å². The number of nitrogens with one attached hydrogen (secondary N) is 2. The van der Waals surface area contributed by atoms with E-state index in [1.165, 1.54) is 19.3 Å². The van der Waals surface area contributed by atoms with Crippen molar-refractivity contribution < 1.29 is 9.21 Å². The van der Waals surface area contributed by atoms with Gasteiger partial charge in [0, 0.05) is 12.7 Å². The van der Waals surface area contributed by atoms with E-state index in [0.29, 0.717) is 16.7 Å². The zero-order valence-electron chi connectivity index (χ0n) is 13.0. The lowest BCUT2D eigenvalue weighted by molar-refractivity contribution is 0.0913. The minimum Gasteiger partial charge on any atom is -0.468 e. The molecule has 3 rings (SSSR count). The average Bonchev–Trinajstić information content (AvgIpc) is 3.10. The van der Waals surface area contributed by atoms with Gasteiger partial charge < -0.3 is 14.7 Å². The standard InChI is InChI=1S/C17H21N3O2S/c21-16(13-6-4-8-18-17(13)23)19-12-14(15-7-5-11-22-15)20-9-2-1-3-10-20/h4-8,11,14H,1-3,9-10,12H2,(H,18,23)(H,19,21). The number of pyridine rings is 1. The molecule has 23 heavy (non-hydrogen) atoms. The number of aromatic amines is 1. The highest BCUT2D eigenvalue weighted by molar-refractivity contribution is 7.71. The summed E-state index contributed by atoms with van der Waals surface area (Å²) in [6.07, 6.45) is 7.05. The minimum absolute atomic E-state index is 0.0653. The summed E-state index contributed by atoms with van der Waals surface area (Å²) >= 11 is 5.17. The van der Waals surface area contributed by atoms with Gasteiger partial charge in [-0.3, -0.25) is 9.69 Å². The van der Waals surface area contributed by atoms with Crippen LogP contribution in [-0.2, 0) is 0 Å². The van der Waals surface area contributed by atoms with Crippen LogP contribution >= 0.6 is 12.2 Å². The summed E-state index contributed by atoms with van der Waals surface area (Å²) in [6, 6.07) is 7.44. The summed E-state index contributed by atoms with van der Waals surface area (Å²) in [5.74, 6) is 0.742. The Bertz CT molecular complexity index is 690. The van der Waals surface area contributed by atoms with Gasteiger partial charge in [0.05, 0.1) is 17.9 Å². The van der Waals surface area contributed by atoms with Crippen LogP contribution < -0.4 is 5.32 Å². The molecule has 1 fully saturated rings. The Kier molecular flexibility index (Phi) is 5.25. The van der Waals surface area contributed by atoms with E-state index in [1.54, 1.807) is 24.6 Å². The molecule has 122 valence electrons. The quantitative estimate of drug-likeness (QED) is 0.825. The third kappa shape index (κ3) is 3.89. The minimum atomic E-state index is -0.152. The van der Waals surface area contributed by atoms with E-state index >= 15 is 0 Å². The molecule has 1 aliphatic heterocycles. The molecule has 0 bridgehead atoms. The fraction of sp³-hybridized carbons (Fsp3) is 0.412. The molecule has 1 aliphatic rings. The van der Waals surface area contributed by atoms with Gasteiger partial charge in [0.1, 0.15) is 10.4 Å². The van der Waals surface area contributed by atoms with Gasteiger partial charge >= 0.3 is 0 Å². The van der Waals surface area contributed by atoms with E-state index in [0.717, 1.165) is 18.8 Å². The van der Waals surface area contributed by atoms with Crippen molar-refractivity contribution in [3.05, 3.63) is 52.7 Å². The Labute approximate surface area is 140 Å². The van der Waals surface area contributed by atoms with Crippen LogP contribution in [0.1, 0.15) is 41.4 Å². The number of furan rings is 1. The maximum Gasteiger partial charge on any atom is 0.254 e. The van der Waals surface area contributed by atoms with Crippen molar-refractivity contribution >= 4 is 18.1 Å². The van der Waals surface area contributed by atoms with E-state index in [-0.39, 0.29) is 11.9 Å². The molecule has 1 atom stereocenters. The summed E-state index contributed by atoms with van der Waals surface area (Å²) < 4.78 is 6.05. The number of carbonyl (C=O) groups excluding carboxylic acids is 1. The first-order valence-electron chi connectivity index (χ1n) is 7.99. The van der Waals surface area contributed by atoms with Gasteiger partial charge in [0.25, 0.3) is 5.91 Å². The van der Waals surface area contributed by atoms with E-state index in [1.807, 2.05) is 12.1 Å². The van der Waals surface area contributed by atoms with Crippen molar-refractivity contribution in [1.29, 1.82) is 0 Å². The summed E-state index contributed by atoms with van der Waals surface area (Å²) in [6.45, 7) is 2.58. The topological polar surface area (TPSA) is 61.3 Å². The second-order valence-electron chi connectivity index (χ2n) is 5.75. The predicted molar refractivity (Wildman–Crippen MR) is 90.8 cm³/mol. The third-order valence-electron chi connectivity index (χ3n) is 4.22. The van der Waals surface area contributed by atoms with Crippen molar-refractivity contribution in [3.63, 3.8) is 0 Å². The fourth-order valence-electron chi connectivity index (χ4n) is 3.01. The smallest absolute Gasteiger partial charge is 0.254 e. The van der Waals surface area contributed by atoms with Crippen LogP contribution in [0.15, 0.2) is 41.1 Å². The van der Waals surface area contributed by atoms with Crippen LogP contribution in [0, 0.1) is 4.64 Å². The Morgan fingerprint density at radius 2 is 2.13 bits per heavy atom. The molecule has 2 aromatic heterocycles. The third-order valence-corrected chi connectivity index (χ3v) is 4.56. The molecule has 1 saturated heterocycles. The number of carbonyl (C=O) groups is 1. The second-order valence-corrected chi connectivity index (χ2v) is 6.16. The number of hydrogen-bond donors (Lipinski definition) is 2. The van der Waals surface area contributed by atoms with Crippen molar-refractivity contribution in [2.45, 2.75) is 25.3 Å². The van der Waals surface area contributed by atoms with Crippen LogP contribution in [0.3, 0.4) is 0 Å². The van der Waals surface area contributed by atoms with Gasteiger partial charge in [-0.2, -0.15) is 0 Å². The van der Waals surface area contributed by atoms with E-state index < -0.39 is 0 Å². The van der Waals surface area contributed by atoms with Crippen LogP contribution in [0.2, 0.25) is 0 Å². The van der Waals surface area contributed by atoms with E-state index in [9.17, 15) is 4.79 Å². The molecule has 0 aromatic carbocycles. The van der Waals surface area contributed by atoms with Crippen LogP contribution in [-0.4, -0.2) is 35.4 Å². The summed E-state index contributed by atoms with van der Waals surface area (Å²) in [5.41, 5.74) is 0.499. The highest BCUT2D eigenvalue weighted by atomic mass is 32.1. The molecular formula is C17H21N3O2S. The molecule has 0 aliphatic carbocycles. The zero-order chi connectivity index (χ0) is 16.1. The van der Waals surface area contributed by atoms with Gasteiger partial charge in [-0.25, -0.2) is 0 Å². The van der Waals surface area contributed by atoms with Gasteiger partial charge in [-0.1, -0.05) is 18.6 Å². The van der Waals surface area contributed by atoms with Crippen molar-refractivity contribution in [1.82, 2.24) is 15.2 Å². The number of rotatable bonds is 5. The molecule has 2 aromatic rings. The lowest BCUT2D eigenvalue weighted by Gasteiger charge is -2.33. The zero-order valence-corrected chi connectivity index (χ0v) is 13.8. The number of H-pyrrole nitrogens is 1. The van der Waals surface area contributed by atoms with Crippen LogP contribution in [0.25, 0.3) is 0 Å². The molecule has 5 nitrogen and oxygen atoms in total. The molecule has 1 unspecified atom stereocenters. The maximum atomic E-state index is 12.4. The van der Waals surface area contributed by atoms with Gasteiger partial charge in [-0.15, -0.1) is 0 Å². The predicted octanol–water partition coefficient (Wildman–Crippen LogP) is 3.29. The number of nitrogens with zero attached hydrogens (tertiary/aromatic N) is 1. The molecule has 2 N–H and O–H groups in total. The Morgan fingerprint density at radius 1 is 1.30 bits per heavy atom. The molecular weight excluding hydrogens is 310 g/mol.